The molecule has 2 rings (SSSR count). The van der Waals surface area contributed by atoms with E-state index in [4.69, 9.17) is 4.74 Å². The third-order valence-electron chi connectivity index (χ3n) is 2.03. The van der Waals surface area contributed by atoms with Gasteiger partial charge in [-0.2, -0.15) is 0 Å². The largest absolute Gasteiger partial charge is 0.496 e. The van der Waals surface area contributed by atoms with Crippen LogP contribution in [0.4, 0.5) is 0 Å². The Morgan fingerprint density at radius 1 is 1.23 bits per heavy atom. The van der Waals surface area contributed by atoms with E-state index < -0.39 is 0 Å². The molecule has 0 bridgehead atoms. The lowest BCUT2D eigenvalue weighted by molar-refractivity contribution is 0.419. The first-order valence-corrected chi connectivity index (χ1v) is 4.07. The zero-order valence-corrected chi connectivity index (χ0v) is 7.61. The van der Waals surface area contributed by atoms with E-state index in [0.29, 0.717) is 0 Å². The lowest BCUT2D eigenvalue weighted by Gasteiger charge is -2.05. The zero-order chi connectivity index (χ0) is 9.26. The first kappa shape index (κ1) is 7.98. The number of ether oxygens (including phenoxy) is 1. The number of nitrogens with zero attached hydrogens (tertiary/aromatic N) is 2. The van der Waals surface area contributed by atoms with E-state index >= 15 is 0 Å². The third-order valence-corrected chi connectivity index (χ3v) is 2.03. The number of aromatic nitrogens is 2. The lowest BCUT2D eigenvalue weighted by atomic mass is 10.2. The molecule has 1 heterocycles. The SMILES string of the molecule is COc1cccc2ncnc(C)c12. The minimum absolute atomic E-state index is 0.829. The van der Waals surface area contributed by atoms with Gasteiger partial charge in [-0.05, 0) is 19.1 Å². The Hall–Kier alpha value is -1.64. The molecule has 0 aliphatic heterocycles. The molecule has 0 N–H and O–H groups in total. The molecule has 0 unspecified atom stereocenters. The van der Waals surface area contributed by atoms with Crippen molar-refractivity contribution in [2.75, 3.05) is 7.11 Å². The fraction of sp³-hybridized carbons (Fsp3) is 0.200. The maximum absolute atomic E-state index is 5.23. The summed E-state index contributed by atoms with van der Waals surface area (Å²) in [5, 5.41) is 0.993. The van der Waals surface area contributed by atoms with Gasteiger partial charge in [0.05, 0.1) is 23.7 Å². The highest BCUT2D eigenvalue weighted by Crippen LogP contribution is 2.25. The molecule has 1 aromatic carbocycles. The molecule has 2 aromatic rings. The maximum Gasteiger partial charge on any atom is 0.130 e. The summed E-state index contributed by atoms with van der Waals surface area (Å²) in [6.07, 6.45) is 1.57. The van der Waals surface area contributed by atoms with Gasteiger partial charge in [-0.15, -0.1) is 0 Å². The number of hydrogen-bond donors (Lipinski definition) is 0. The molecule has 3 heteroatoms. The molecule has 0 aliphatic rings. The highest BCUT2D eigenvalue weighted by molar-refractivity contribution is 5.86. The van der Waals surface area contributed by atoms with Gasteiger partial charge in [-0.1, -0.05) is 6.07 Å². The van der Waals surface area contributed by atoms with E-state index in [9.17, 15) is 0 Å². The van der Waals surface area contributed by atoms with Crippen molar-refractivity contribution in [3.05, 3.63) is 30.2 Å². The number of rotatable bonds is 1. The molecule has 0 saturated carbocycles. The third kappa shape index (κ3) is 1.22. The van der Waals surface area contributed by atoms with Crippen LogP contribution in [-0.4, -0.2) is 17.1 Å². The minimum Gasteiger partial charge on any atom is -0.496 e. The van der Waals surface area contributed by atoms with E-state index in [1.165, 1.54) is 0 Å². The molecule has 0 atom stereocenters. The van der Waals surface area contributed by atoms with Crippen molar-refractivity contribution in [2.45, 2.75) is 6.92 Å². The molecule has 0 radical (unpaired) electrons. The summed E-state index contributed by atoms with van der Waals surface area (Å²) < 4.78 is 5.23. The van der Waals surface area contributed by atoms with Gasteiger partial charge in [0, 0.05) is 0 Å². The first-order chi connectivity index (χ1) is 6.33. The Balaban J connectivity index is 2.87. The van der Waals surface area contributed by atoms with Crippen LogP contribution in [-0.2, 0) is 0 Å². The van der Waals surface area contributed by atoms with Crippen LogP contribution in [0.2, 0.25) is 0 Å². The number of benzene rings is 1. The molecule has 3 nitrogen and oxygen atoms in total. The van der Waals surface area contributed by atoms with Crippen LogP contribution in [0.1, 0.15) is 5.69 Å². The summed E-state index contributed by atoms with van der Waals surface area (Å²) in [5.74, 6) is 0.829. The number of aryl methyl sites for hydroxylation is 1. The smallest absolute Gasteiger partial charge is 0.130 e. The van der Waals surface area contributed by atoms with Crippen molar-refractivity contribution >= 4 is 10.9 Å². The monoisotopic (exact) mass is 174 g/mol. The predicted octanol–water partition coefficient (Wildman–Crippen LogP) is 1.95. The highest BCUT2D eigenvalue weighted by Gasteiger charge is 2.04. The van der Waals surface area contributed by atoms with Crippen molar-refractivity contribution in [3.8, 4) is 5.75 Å². The quantitative estimate of drug-likeness (QED) is 0.662. The minimum atomic E-state index is 0.829. The Kier molecular flexibility index (Phi) is 1.85. The zero-order valence-electron chi connectivity index (χ0n) is 7.61. The maximum atomic E-state index is 5.23. The fourth-order valence-electron chi connectivity index (χ4n) is 1.40. The molecule has 13 heavy (non-hydrogen) atoms. The Morgan fingerprint density at radius 2 is 2.08 bits per heavy atom. The van der Waals surface area contributed by atoms with Crippen molar-refractivity contribution in [1.29, 1.82) is 0 Å². The van der Waals surface area contributed by atoms with Gasteiger partial charge >= 0.3 is 0 Å². The van der Waals surface area contributed by atoms with Crippen molar-refractivity contribution < 1.29 is 4.74 Å². The summed E-state index contributed by atoms with van der Waals surface area (Å²) in [5.41, 5.74) is 1.87. The van der Waals surface area contributed by atoms with E-state index in [1.807, 2.05) is 25.1 Å². The van der Waals surface area contributed by atoms with Crippen LogP contribution < -0.4 is 4.74 Å². The molecule has 0 aliphatic carbocycles. The molecular formula is C10H10N2O. The molecule has 0 saturated heterocycles. The van der Waals surface area contributed by atoms with Crippen LogP contribution in [0, 0.1) is 6.92 Å². The van der Waals surface area contributed by atoms with Crippen LogP contribution in [0.15, 0.2) is 24.5 Å². The average molecular weight is 174 g/mol. The van der Waals surface area contributed by atoms with Crippen molar-refractivity contribution in [1.82, 2.24) is 9.97 Å². The fourth-order valence-corrected chi connectivity index (χ4v) is 1.40. The van der Waals surface area contributed by atoms with Crippen molar-refractivity contribution in [3.63, 3.8) is 0 Å². The van der Waals surface area contributed by atoms with E-state index in [0.717, 1.165) is 22.3 Å². The van der Waals surface area contributed by atoms with E-state index in [2.05, 4.69) is 9.97 Å². The normalized spacial score (nSPS) is 10.3. The van der Waals surface area contributed by atoms with Gasteiger partial charge in [0.1, 0.15) is 12.1 Å². The molecule has 0 fully saturated rings. The van der Waals surface area contributed by atoms with Crippen molar-refractivity contribution in [2.24, 2.45) is 0 Å². The second-order valence-corrected chi connectivity index (χ2v) is 2.81. The molecule has 0 spiro atoms. The summed E-state index contributed by atoms with van der Waals surface area (Å²) in [6, 6.07) is 5.79. The van der Waals surface area contributed by atoms with Gasteiger partial charge < -0.3 is 4.74 Å². The summed E-state index contributed by atoms with van der Waals surface area (Å²) >= 11 is 0. The second-order valence-electron chi connectivity index (χ2n) is 2.81. The predicted molar refractivity (Wildman–Crippen MR) is 50.8 cm³/mol. The molecule has 66 valence electrons. The Bertz CT molecular complexity index is 435. The molecule has 0 amide bonds. The van der Waals surface area contributed by atoms with Gasteiger partial charge in [-0.25, -0.2) is 9.97 Å². The highest BCUT2D eigenvalue weighted by atomic mass is 16.5. The van der Waals surface area contributed by atoms with Crippen LogP contribution >= 0.6 is 0 Å². The van der Waals surface area contributed by atoms with E-state index in [1.54, 1.807) is 13.4 Å². The summed E-state index contributed by atoms with van der Waals surface area (Å²) in [4.78, 5) is 8.28. The Morgan fingerprint density at radius 3 is 2.85 bits per heavy atom. The molecule has 1 aromatic heterocycles. The number of methoxy groups -OCH3 is 1. The summed E-state index contributed by atoms with van der Waals surface area (Å²) in [7, 11) is 1.65. The number of fused-ring (bicyclic) bond motifs is 1. The standard InChI is InChI=1S/C10H10N2O/c1-7-10-8(12-6-11-7)4-3-5-9(10)13-2/h3-6H,1-2H3. The van der Waals surface area contributed by atoms with Crippen LogP contribution in [0.5, 0.6) is 5.75 Å². The van der Waals surface area contributed by atoms with Gasteiger partial charge in [0.2, 0.25) is 0 Å². The average Bonchev–Trinajstić information content (AvgIpc) is 2.17. The van der Waals surface area contributed by atoms with Gasteiger partial charge in [0.25, 0.3) is 0 Å². The lowest BCUT2D eigenvalue weighted by Crippen LogP contribution is -1.91. The van der Waals surface area contributed by atoms with Gasteiger partial charge in [-0.3, -0.25) is 0 Å². The van der Waals surface area contributed by atoms with Gasteiger partial charge in [0.15, 0.2) is 0 Å². The first-order valence-electron chi connectivity index (χ1n) is 4.07. The van der Waals surface area contributed by atoms with Crippen LogP contribution in [0.3, 0.4) is 0 Å². The topological polar surface area (TPSA) is 35.0 Å². The molecular weight excluding hydrogens is 164 g/mol. The van der Waals surface area contributed by atoms with Crippen LogP contribution in [0.25, 0.3) is 10.9 Å². The Labute approximate surface area is 76.4 Å². The summed E-state index contributed by atoms with van der Waals surface area (Å²) in [6.45, 7) is 1.95. The van der Waals surface area contributed by atoms with E-state index in [-0.39, 0.29) is 0 Å². The second kappa shape index (κ2) is 3.01. The number of hydrogen-bond acceptors (Lipinski definition) is 3.